The van der Waals surface area contributed by atoms with Crippen molar-refractivity contribution in [1.82, 2.24) is 5.32 Å². The SMILES string of the molecule is CCNC1CCC(O)(c2ccccc2C(F)(F)F)CC1. The van der Waals surface area contributed by atoms with Crippen LogP contribution in [0.1, 0.15) is 43.7 Å². The van der Waals surface area contributed by atoms with Crippen LogP contribution in [0.25, 0.3) is 0 Å². The van der Waals surface area contributed by atoms with Gasteiger partial charge < -0.3 is 10.4 Å². The highest BCUT2D eigenvalue weighted by atomic mass is 19.4. The molecular formula is C15H20F3NO. The van der Waals surface area contributed by atoms with E-state index in [0.717, 1.165) is 12.6 Å². The number of alkyl halides is 3. The van der Waals surface area contributed by atoms with Crippen LogP contribution in [0.3, 0.4) is 0 Å². The van der Waals surface area contributed by atoms with Gasteiger partial charge in [0.25, 0.3) is 0 Å². The van der Waals surface area contributed by atoms with E-state index in [0.29, 0.717) is 31.7 Å². The van der Waals surface area contributed by atoms with Gasteiger partial charge in [0.05, 0.1) is 11.2 Å². The summed E-state index contributed by atoms with van der Waals surface area (Å²) in [6.07, 6.45) is -2.33. The van der Waals surface area contributed by atoms with Crippen molar-refractivity contribution in [2.75, 3.05) is 6.54 Å². The summed E-state index contributed by atoms with van der Waals surface area (Å²) in [7, 11) is 0. The smallest absolute Gasteiger partial charge is 0.385 e. The lowest BCUT2D eigenvalue weighted by molar-refractivity contribution is -0.141. The summed E-state index contributed by atoms with van der Waals surface area (Å²) in [5.74, 6) is 0. The number of aliphatic hydroxyl groups is 1. The molecule has 1 saturated carbocycles. The van der Waals surface area contributed by atoms with E-state index in [4.69, 9.17) is 0 Å². The number of halogens is 3. The molecular weight excluding hydrogens is 267 g/mol. The molecule has 0 heterocycles. The van der Waals surface area contributed by atoms with Crippen LogP contribution in [-0.2, 0) is 11.8 Å². The first kappa shape index (κ1) is 15.3. The summed E-state index contributed by atoms with van der Waals surface area (Å²) >= 11 is 0. The van der Waals surface area contributed by atoms with Crippen molar-refractivity contribution in [3.63, 3.8) is 0 Å². The highest BCUT2D eigenvalue weighted by Gasteiger charge is 2.42. The Hall–Kier alpha value is -1.07. The number of benzene rings is 1. The molecule has 1 aromatic rings. The van der Waals surface area contributed by atoms with Crippen molar-refractivity contribution < 1.29 is 18.3 Å². The van der Waals surface area contributed by atoms with Gasteiger partial charge in [0.15, 0.2) is 0 Å². The zero-order valence-electron chi connectivity index (χ0n) is 11.5. The van der Waals surface area contributed by atoms with Gasteiger partial charge in [-0.2, -0.15) is 13.2 Å². The molecule has 1 aliphatic rings. The van der Waals surface area contributed by atoms with Crippen LogP contribution in [0.5, 0.6) is 0 Å². The van der Waals surface area contributed by atoms with Crippen molar-refractivity contribution in [1.29, 1.82) is 0 Å². The molecule has 0 unspecified atom stereocenters. The Morgan fingerprint density at radius 2 is 1.85 bits per heavy atom. The predicted octanol–water partition coefficient (Wildman–Crippen LogP) is 3.45. The lowest BCUT2D eigenvalue weighted by Crippen LogP contribution is -2.40. The normalized spacial score (nSPS) is 27.6. The average Bonchev–Trinajstić information content (AvgIpc) is 2.41. The first-order valence-electron chi connectivity index (χ1n) is 6.99. The first-order valence-corrected chi connectivity index (χ1v) is 6.99. The monoisotopic (exact) mass is 287 g/mol. The van der Waals surface area contributed by atoms with Gasteiger partial charge in [-0.25, -0.2) is 0 Å². The van der Waals surface area contributed by atoms with E-state index in [1.54, 1.807) is 6.07 Å². The Bertz CT molecular complexity index is 451. The zero-order valence-corrected chi connectivity index (χ0v) is 11.5. The Kier molecular flexibility index (Phi) is 4.39. The van der Waals surface area contributed by atoms with Crippen LogP contribution in [0.2, 0.25) is 0 Å². The van der Waals surface area contributed by atoms with Gasteiger partial charge >= 0.3 is 6.18 Å². The lowest BCUT2D eigenvalue weighted by atomic mass is 9.76. The molecule has 112 valence electrons. The molecule has 0 atom stereocenters. The van der Waals surface area contributed by atoms with Gasteiger partial charge in [-0.05, 0) is 43.9 Å². The topological polar surface area (TPSA) is 32.3 Å². The standard InChI is InChI=1S/C15H20F3NO/c1-2-19-11-7-9-14(20,10-8-11)12-5-3-4-6-13(12)15(16,17)18/h3-6,11,19-20H,2,7-10H2,1H3. The number of nitrogens with one attached hydrogen (secondary N) is 1. The summed E-state index contributed by atoms with van der Waals surface area (Å²) < 4.78 is 39.1. The van der Waals surface area contributed by atoms with Gasteiger partial charge in [0.2, 0.25) is 0 Å². The fourth-order valence-electron chi connectivity index (χ4n) is 2.99. The number of hydrogen-bond donors (Lipinski definition) is 2. The molecule has 0 radical (unpaired) electrons. The number of hydrogen-bond acceptors (Lipinski definition) is 2. The first-order chi connectivity index (χ1) is 9.37. The van der Waals surface area contributed by atoms with Crippen molar-refractivity contribution in [3.05, 3.63) is 35.4 Å². The minimum absolute atomic E-state index is 0.0162. The maximum atomic E-state index is 13.0. The molecule has 2 rings (SSSR count). The van der Waals surface area contributed by atoms with Crippen molar-refractivity contribution >= 4 is 0 Å². The van der Waals surface area contributed by atoms with Crippen molar-refractivity contribution in [2.45, 2.75) is 50.4 Å². The molecule has 1 aliphatic carbocycles. The summed E-state index contributed by atoms with van der Waals surface area (Å²) in [6, 6.07) is 5.65. The fourth-order valence-corrected chi connectivity index (χ4v) is 2.99. The summed E-state index contributed by atoms with van der Waals surface area (Å²) in [6.45, 7) is 2.84. The minimum atomic E-state index is -4.43. The van der Waals surface area contributed by atoms with Gasteiger partial charge in [0.1, 0.15) is 0 Å². The molecule has 0 bridgehead atoms. The molecule has 0 aromatic heterocycles. The van der Waals surface area contributed by atoms with E-state index in [2.05, 4.69) is 5.32 Å². The quantitative estimate of drug-likeness (QED) is 0.892. The van der Waals surface area contributed by atoms with Crippen LogP contribution in [-0.4, -0.2) is 17.7 Å². The Balaban J connectivity index is 2.24. The van der Waals surface area contributed by atoms with E-state index < -0.39 is 17.3 Å². The second-order valence-corrected chi connectivity index (χ2v) is 5.41. The van der Waals surface area contributed by atoms with Crippen molar-refractivity contribution in [3.8, 4) is 0 Å². The second kappa shape index (κ2) is 5.74. The van der Waals surface area contributed by atoms with Gasteiger partial charge in [0, 0.05) is 6.04 Å². The maximum Gasteiger partial charge on any atom is 0.416 e. The van der Waals surface area contributed by atoms with E-state index in [1.165, 1.54) is 12.1 Å². The summed E-state index contributed by atoms with van der Waals surface area (Å²) in [5, 5.41) is 13.9. The third-order valence-corrected chi connectivity index (χ3v) is 4.04. The molecule has 0 spiro atoms. The summed E-state index contributed by atoms with van der Waals surface area (Å²) in [4.78, 5) is 0. The number of rotatable bonds is 3. The van der Waals surface area contributed by atoms with Crippen LogP contribution >= 0.6 is 0 Å². The van der Waals surface area contributed by atoms with Crippen LogP contribution in [0, 0.1) is 0 Å². The van der Waals surface area contributed by atoms with Gasteiger partial charge in [-0.3, -0.25) is 0 Å². The van der Waals surface area contributed by atoms with E-state index in [9.17, 15) is 18.3 Å². The lowest BCUT2D eigenvalue weighted by Gasteiger charge is -2.38. The third-order valence-electron chi connectivity index (χ3n) is 4.04. The van der Waals surface area contributed by atoms with Crippen LogP contribution in [0.15, 0.2) is 24.3 Å². The Morgan fingerprint density at radius 1 is 1.25 bits per heavy atom. The molecule has 20 heavy (non-hydrogen) atoms. The Morgan fingerprint density at radius 3 is 2.40 bits per heavy atom. The molecule has 2 nitrogen and oxygen atoms in total. The third kappa shape index (κ3) is 3.15. The molecule has 0 amide bonds. The molecule has 0 saturated heterocycles. The molecule has 2 N–H and O–H groups in total. The van der Waals surface area contributed by atoms with E-state index in [1.807, 2.05) is 6.92 Å². The largest absolute Gasteiger partial charge is 0.416 e. The second-order valence-electron chi connectivity index (χ2n) is 5.41. The minimum Gasteiger partial charge on any atom is -0.385 e. The van der Waals surface area contributed by atoms with Gasteiger partial charge in [-0.1, -0.05) is 25.1 Å². The molecule has 0 aliphatic heterocycles. The molecule has 1 fully saturated rings. The maximum absolute atomic E-state index is 13.0. The molecule has 5 heteroatoms. The van der Waals surface area contributed by atoms with E-state index >= 15 is 0 Å². The van der Waals surface area contributed by atoms with Crippen LogP contribution < -0.4 is 5.32 Å². The van der Waals surface area contributed by atoms with Crippen molar-refractivity contribution in [2.24, 2.45) is 0 Å². The Labute approximate surface area is 117 Å². The van der Waals surface area contributed by atoms with E-state index in [-0.39, 0.29) is 5.56 Å². The fraction of sp³-hybridized carbons (Fsp3) is 0.600. The van der Waals surface area contributed by atoms with Gasteiger partial charge in [-0.15, -0.1) is 0 Å². The average molecular weight is 287 g/mol. The highest BCUT2D eigenvalue weighted by Crippen LogP contribution is 2.43. The highest BCUT2D eigenvalue weighted by molar-refractivity contribution is 5.35. The zero-order chi connectivity index (χ0) is 14.8. The predicted molar refractivity (Wildman–Crippen MR) is 71.3 cm³/mol. The molecule has 1 aromatic carbocycles. The summed E-state index contributed by atoms with van der Waals surface area (Å²) in [5.41, 5.74) is -2.07. The van der Waals surface area contributed by atoms with Crippen LogP contribution in [0.4, 0.5) is 13.2 Å².